The lowest BCUT2D eigenvalue weighted by molar-refractivity contribution is -0.139. The maximum atomic E-state index is 13.4. The Labute approximate surface area is 266 Å². The fraction of sp³-hybridized carbons (Fsp3) is 0.690. The van der Waals surface area contributed by atoms with Gasteiger partial charge in [-0.1, -0.05) is 30.3 Å². The first kappa shape index (κ1) is 38.7. The van der Waals surface area contributed by atoms with Crippen LogP contribution < -0.4 is 0 Å². The van der Waals surface area contributed by atoms with Gasteiger partial charge in [0.25, 0.3) is 12.9 Å². The van der Waals surface area contributed by atoms with Crippen molar-refractivity contribution >= 4 is 26.5 Å². The Hall–Kier alpha value is -2.46. The number of carboxylic acid groups (broad SMARTS) is 1. The zero-order chi connectivity index (χ0) is 32.9. The van der Waals surface area contributed by atoms with Crippen molar-refractivity contribution in [2.75, 3.05) is 105 Å². The second-order valence-electron chi connectivity index (χ2n) is 10.7. The predicted molar refractivity (Wildman–Crippen MR) is 166 cm³/mol. The van der Waals surface area contributed by atoms with E-state index in [-0.39, 0.29) is 52.6 Å². The molecule has 2 N–H and O–H groups in total. The van der Waals surface area contributed by atoms with E-state index in [1.54, 1.807) is 13.8 Å². The van der Waals surface area contributed by atoms with Gasteiger partial charge in [-0.05, 0) is 19.4 Å². The van der Waals surface area contributed by atoms with Gasteiger partial charge in [-0.2, -0.15) is 0 Å². The van der Waals surface area contributed by atoms with Crippen molar-refractivity contribution in [2.24, 2.45) is 0 Å². The van der Waals surface area contributed by atoms with Crippen molar-refractivity contribution in [1.82, 2.24) is 24.5 Å². The average Bonchev–Trinajstić information content (AvgIpc) is 2.99. The van der Waals surface area contributed by atoms with Gasteiger partial charge in [0.1, 0.15) is 19.7 Å². The lowest BCUT2D eigenvalue weighted by Gasteiger charge is -2.34. The lowest BCUT2D eigenvalue weighted by Crippen LogP contribution is -2.49. The number of nitrogens with zero attached hydrogens (tertiary/aromatic N) is 5. The highest BCUT2D eigenvalue weighted by atomic mass is 31.2. The fourth-order valence-electron chi connectivity index (χ4n) is 5.07. The van der Waals surface area contributed by atoms with Crippen LogP contribution in [0.25, 0.3) is 0 Å². The van der Waals surface area contributed by atoms with Crippen molar-refractivity contribution in [3.63, 3.8) is 0 Å². The molecule has 1 fully saturated rings. The third-order valence-electron chi connectivity index (χ3n) is 7.15. The van der Waals surface area contributed by atoms with E-state index in [1.165, 1.54) is 0 Å². The third-order valence-corrected chi connectivity index (χ3v) is 9.20. The molecule has 1 aromatic carbocycles. The zero-order valence-corrected chi connectivity index (χ0v) is 27.4. The highest BCUT2D eigenvalue weighted by Crippen LogP contribution is 2.48. The van der Waals surface area contributed by atoms with Gasteiger partial charge in [0.05, 0.1) is 25.9 Å². The Bertz CT molecular complexity index is 1020. The Balaban J connectivity index is 2.20. The predicted octanol–water partition coefficient (Wildman–Crippen LogP) is 0.640. The highest BCUT2D eigenvalue weighted by Gasteiger charge is 2.29. The minimum atomic E-state index is -3.44. The Morgan fingerprint density at radius 3 is 1.82 bits per heavy atom. The van der Waals surface area contributed by atoms with Gasteiger partial charge >= 0.3 is 13.6 Å². The van der Waals surface area contributed by atoms with Crippen molar-refractivity contribution in [2.45, 2.75) is 26.5 Å². The molecule has 256 valence electrons. The number of aliphatic carboxylic acids is 1. The standard InChI is InChI=1S/C29H50N5O10P/c1-3-43-45(40,44-4-2)24-34(18-27-8-6-5-7-9-27)20-28(37)19-30-10-11-31(21-29(38)39)13-15-33(23-42-26-36)17-16-32(14-12-30)22-41-25-35/h5-9,25-26,28,37H,3-4,10-24H2,1-2H3,(H,38,39). The molecule has 1 saturated heterocycles. The first-order valence-electron chi connectivity index (χ1n) is 15.2. The van der Waals surface area contributed by atoms with Crippen molar-refractivity contribution in [3.8, 4) is 0 Å². The van der Waals surface area contributed by atoms with Crippen molar-refractivity contribution in [1.29, 1.82) is 0 Å². The molecule has 1 aliphatic rings. The normalized spacial score (nSPS) is 17.7. The number of carbonyl (C=O) groups is 3. The molecule has 45 heavy (non-hydrogen) atoms. The second-order valence-corrected chi connectivity index (χ2v) is 12.8. The Morgan fingerprint density at radius 2 is 1.36 bits per heavy atom. The number of carboxylic acids is 1. The molecule has 1 heterocycles. The van der Waals surface area contributed by atoms with Crippen LogP contribution in [0.4, 0.5) is 0 Å². The van der Waals surface area contributed by atoms with Crippen LogP contribution in [0.15, 0.2) is 30.3 Å². The maximum absolute atomic E-state index is 13.4. The fourth-order valence-corrected chi connectivity index (χ4v) is 6.80. The molecule has 16 heteroatoms. The third kappa shape index (κ3) is 16.6. The van der Waals surface area contributed by atoms with E-state index < -0.39 is 19.7 Å². The molecule has 15 nitrogen and oxygen atoms in total. The lowest BCUT2D eigenvalue weighted by atomic mass is 10.2. The van der Waals surface area contributed by atoms with Gasteiger partial charge in [0.15, 0.2) is 0 Å². The molecule has 1 aromatic rings. The van der Waals surface area contributed by atoms with Crippen molar-refractivity contribution < 1.29 is 47.7 Å². The molecule has 0 saturated carbocycles. The van der Waals surface area contributed by atoms with E-state index in [9.17, 15) is 29.2 Å². The van der Waals surface area contributed by atoms with E-state index in [2.05, 4.69) is 0 Å². The monoisotopic (exact) mass is 659 g/mol. The van der Waals surface area contributed by atoms with Gasteiger partial charge in [-0.25, -0.2) is 0 Å². The molecule has 0 radical (unpaired) electrons. The van der Waals surface area contributed by atoms with E-state index in [0.717, 1.165) is 5.56 Å². The maximum Gasteiger partial charge on any atom is 0.344 e. The number of hydrogen-bond donors (Lipinski definition) is 2. The van der Waals surface area contributed by atoms with E-state index in [4.69, 9.17) is 18.5 Å². The summed E-state index contributed by atoms with van der Waals surface area (Å²) in [5.74, 6) is -0.953. The van der Waals surface area contributed by atoms with Crippen LogP contribution in [0.1, 0.15) is 19.4 Å². The molecular formula is C29H50N5O10P. The summed E-state index contributed by atoms with van der Waals surface area (Å²) in [6.45, 7) is 9.34. The van der Waals surface area contributed by atoms with Crippen LogP contribution in [-0.2, 0) is 44.0 Å². The summed E-state index contributed by atoms with van der Waals surface area (Å²) in [5, 5.41) is 20.8. The highest BCUT2D eigenvalue weighted by molar-refractivity contribution is 7.53. The summed E-state index contributed by atoms with van der Waals surface area (Å²) in [4.78, 5) is 42.9. The summed E-state index contributed by atoms with van der Waals surface area (Å²) in [7, 11) is -3.44. The average molecular weight is 660 g/mol. The number of rotatable bonds is 20. The van der Waals surface area contributed by atoms with Crippen LogP contribution in [-0.4, -0.2) is 165 Å². The molecule has 0 spiro atoms. The Morgan fingerprint density at radius 1 is 0.867 bits per heavy atom. The number of aliphatic hydroxyl groups excluding tert-OH is 1. The smallest absolute Gasteiger partial charge is 0.344 e. The van der Waals surface area contributed by atoms with Crippen LogP contribution in [0.3, 0.4) is 0 Å². The van der Waals surface area contributed by atoms with Crippen molar-refractivity contribution in [3.05, 3.63) is 35.9 Å². The van der Waals surface area contributed by atoms with Crippen LogP contribution in [0.2, 0.25) is 0 Å². The van der Waals surface area contributed by atoms with Crippen LogP contribution in [0.5, 0.6) is 0 Å². The summed E-state index contributed by atoms with van der Waals surface area (Å²) >= 11 is 0. The molecule has 1 aliphatic heterocycles. The number of carbonyl (C=O) groups excluding carboxylic acids is 2. The topological polar surface area (TPSA) is 162 Å². The van der Waals surface area contributed by atoms with Gasteiger partial charge in [-0.3, -0.25) is 43.4 Å². The van der Waals surface area contributed by atoms with Crippen LogP contribution in [0, 0.1) is 0 Å². The molecule has 1 unspecified atom stereocenters. The van der Waals surface area contributed by atoms with Gasteiger partial charge in [0, 0.05) is 72.0 Å². The van der Waals surface area contributed by atoms with E-state index in [0.29, 0.717) is 71.8 Å². The molecule has 0 amide bonds. The second kappa shape index (κ2) is 22.1. The summed E-state index contributed by atoms with van der Waals surface area (Å²) < 4.78 is 34.5. The van der Waals surface area contributed by atoms with Gasteiger partial charge < -0.3 is 28.7 Å². The number of hydrogen-bond acceptors (Lipinski definition) is 14. The molecule has 0 aromatic heterocycles. The molecule has 1 atom stereocenters. The summed E-state index contributed by atoms with van der Waals surface area (Å²) in [6.07, 6.45) is -0.837. The number of benzene rings is 1. The number of ether oxygens (including phenoxy) is 2. The summed E-state index contributed by atoms with van der Waals surface area (Å²) in [5.41, 5.74) is 0.985. The van der Waals surface area contributed by atoms with E-state index >= 15 is 0 Å². The minimum absolute atomic E-state index is 0.00809. The first-order valence-corrected chi connectivity index (χ1v) is 17.0. The molecule has 0 bridgehead atoms. The quantitative estimate of drug-likeness (QED) is 0.148. The van der Waals surface area contributed by atoms with Gasteiger partial charge in [0.2, 0.25) is 0 Å². The zero-order valence-electron chi connectivity index (χ0n) is 26.5. The van der Waals surface area contributed by atoms with E-state index in [1.807, 2.05) is 54.8 Å². The molecular weight excluding hydrogens is 609 g/mol. The largest absolute Gasteiger partial charge is 0.480 e. The SMILES string of the molecule is CCOP(=O)(CN(Cc1ccccc1)CC(O)CN1CCN(COC=O)CCN(COC=O)CCN(CC(=O)O)CC1)OCC. The first-order chi connectivity index (χ1) is 21.7. The molecule has 0 aliphatic carbocycles. The Kier molecular flexibility index (Phi) is 19.0. The number of aliphatic hydroxyl groups is 1. The number of β-amino-alcohol motifs (C(OH)–C–C–N with tert-alkyl or cyclic N) is 1. The minimum Gasteiger partial charge on any atom is -0.480 e. The van der Waals surface area contributed by atoms with Gasteiger partial charge in [-0.15, -0.1) is 0 Å². The van der Waals surface area contributed by atoms with Crippen LogP contribution >= 0.6 is 7.60 Å². The molecule has 2 rings (SSSR count). The summed E-state index contributed by atoms with van der Waals surface area (Å²) in [6, 6.07) is 9.67.